The number of carbonyl (C=O) groups is 1. The van der Waals surface area contributed by atoms with Gasteiger partial charge in [-0.2, -0.15) is 4.99 Å². The van der Waals surface area contributed by atoms with Crippen LogP contribution in [-0.2, 0) is 7.05 Å². The van der Waals surface area contributed by atoms with Crippen LogP contribution >= 0.6 is 11.3 Å². The number of aromatic nitrogens is 3. The van der Waals surface area contributed by atoms with E-state index in [2.05, 4.69) is 15.0 Å². The number of aryl methyl sites for hydroxylation is 2. The van der Waals surface area contributed by atoms with Gasteiger partial charge in [0.1, 0.15) is 11.5 Å². The predicted octanol–water partition coefficient (Wildman–Crippen LogP) is 0.926. The van der Waals surface area contributed by atoms with Gasteiger partial charge in [-0.3, -0.25) is 4.79 Å². The van der Waals surface area contributed by atoms with Crippen LogP contribution in [0.2, 0.25) is 0 Å². The lowest BCUT2D eigenvalue weighted by molar-refractivity contribution is 0.0992. The van der Waals surface area contributed by atoms with Gasteiger partial charge < -0.3 is 4.57 Å². The third kappa shape index (κ3) is 2.22. The Morgan fingerprint density at radius 2 is 2.38 bits per heavy atom. The van der Waals surface area contributed by atoms with Crippen molar-refractivity contribution in [3.63, 3.8) is 0 Å². The molecule has 2 rings (SSSR count). The van der Waals surface area contributed by atoms with E-state index >= 15 is 0 Å². The molecule has 2 aromatic heterocycles. The van der Waals surface area contributed by atoms with Crippen LogP contribution in [0.25, 0.3) is 0 Å². The van der Waals surface area contributed by atoms with E-state index in [1.807, 2.05) is 18.6 Å². The minimum absolute atomic E-state index is 0.320. The lowest BCUT2D eigenvalue weighted by atomic mass is 10.4. The molecule has 5 nitrogen and oxygen atoms in total. The number of amides is 1. The van der Waals surface area contributed by atoms with Gasteiger partial charge in [-0.25, -0.2) is 9.97 Å². The minimum Gasteiger partial charge on any atom is -0.327 e. The highest BCUT2D eigenvalue weighted by atomic mass is 32.1. The summed E-state index contributed by atoms with van der Waals surface area (Å²) in [6.07, 6.45) is 3.40. The molecule has 0 aromatic carbocycles. The summed E-state index contributed by atoms with van der Waals surface area (Å²) in [5.41, 5.74) is 0.320. The summed E-state index contributed by atoms with van der Waals surface area (Å²) in [4.78, 5) is 24.3. The topological polar surface area (TPSA) is 60.1 Å². The zero-order chi connectivity index (χ0) is 11.5. The third-order valence-electron chi connectivity index (χ3n) is 1.95. The van der Waals surface area contributed by atoms with Crippen molar-refractivity contribution < 1.29 is 4.79 Å². The molecular formula is C10H10N4OS. The molecule has 0 N–H and O–H groups in total. The first-order valence-electron chi connectivity index (χ1n) is 4.65. The Morgan fingerprint density at radius 1 is 1.56 bits per heavy atom. The largest absolute Gasteiger partial charge is 0.327 e. The molecule has 1 amide bonds. The molecule has 2 heterocycles. The molecule has 0 saturated heterocycles. The SMILES string of the molecule is Cc1nccc(C(=O)N=c2sccn2C)n1. The highest BCUT2D eigenvalue weighted by molar-refractivity contribution is 7.07. The first-order chi connectivity index (χ1) is 7.66. The van der Waals surface area contributed by atoms with Crippen molar-refractivity contribution in [3.05, 3.63) is 40.2 Å². The van der Waals surface area contributed by atoms with Crippen molar-refractivity contribution >= 4 is 17.2 Å². The lowest BCUT2D eigenvalue weighted by Gasteiger charge is -1.95. The van der Waals surface area contributed by atoms with E-state index in [0.717, 1.165) is 0 Å². The molecule has 0 unspecified atom stereocenters. The number of thiazole rings is 1. The van der Waals surface area contributed by atoms with Crippen LogP contribution in [-0.4, -0.2) is 20.4 Å². The number of hydrogen-bond acceptors (Lipinski definition) is 4. The summed E-state index contributed by atoms with van der Waals surface area (Å²) in [5.74, 6) is 0.222. The Morgan fingerprint density at radius 3 is 3.00 bits per heavy atom. The van der Waals surface area contributed by atoms with Gasteiger partial charge in [0.05, 0.1) is 0 Å². The smallest absolute Gasteiger partial charge is 0.298 e. The normalized spacial score (nSPS) is 11.8. The fourth-order valence-electron chi connectivity index (χ4n) is 1.15. The molecule has 0 atom stereocenters. The van der Waals surface area contributed by atoms with Crippen LogP contribution in [0, 0.1) is 6.92 Å². The monoisotopic (exact) mass is 234 g/mol. The quantitative estimate of drug-likeness (QED) is 0.737. The summed E-state index contributed by atoms with van der Waals surface area (Å²) in [7, 11) is 1.84. The summed E-state index contributed by atoms with van der Waals surface area (Å²) in [6, 6.07) is 1.56. The summed E-state index contributed by atoms with van der Waals surface area (Å²) in [6.45, 7) is 1.74. The van der Waals surface area contributed by atoms with Crippen molar-refractivity contribution in [1.82, 2.24) is 14.5 Å². The van der Waals surface area contributed by atoms with E-state index in [4.69, 9.17) is 0 Å². The second-order valence-electron chi connectivity index (χ2n) is 3.20. The summed E-state index contributed by atoms with van der Waals surface area (Å²) in [5, 5.41) is 1.87. The highest BCUT2D eigenvalue weighted by Gasteiger charge is 2.06. The maximum absolute atomic E-state index is 11.8. The average Bonchev–Trinajstić information content (AvgIpc) is 2.64. The zero-order valence-corrected chi connectivity index (χ0v) is 9.73. The molecular weight excluding hydrogens is 224 g/mol. The fraction of sp³-hybridized carbons (Fsp3) is 0.200. The number of hydrogen-bond donors (Lipinski definition) is 0. The predicted molar refractivity (Wildman–Crippen MR) is 60.0 cm³/mol. The van der Waals surface area contributed by atoms with Crippen molar-refractivity contribution in [1.29, 1.82) is 0 Å². The van der Waals surface area contributed by atoms with Gasteiger partial charge in [0, 0.05) is 24.8 Å². The van der Waals surface area contributed by atoms with Gasteiger partial charge in [-0.05, 0) is 13.0 Å². The molecule has 0 radical (unpaired) electrons. The second kappa shape index (κ2) is 4.36. The maximum atomic E-state index is 11.8. The molecule has 0 bridgehead atoms. The molecule has 0 saturated carbocycles. The molecule has 2 aromatic rings. The van der Waals surface area contributed by atoms with E-state index < -0.39 is 0 Å². The number of carbonyl (C=O) groups excluding carboxylic acids is 1. The van der Waals surface area contributed by atoms with Gasteiger partial charge in [0.25, 0.3) is 5.91 Å². The number of rotatable bonds is 1. The molecule has 6 heteroatoms. The van der Waals surface area contributed by atoms with Crippen LogP contribution in [0.4, 0.5) is 0 Å². The van der Waals surface area contributed by atoms with Crippen molar-refractivity contribution in [3.8, 4) is 0 Å². The molecule has 16 heavy (non-hydrogen) atoms. The Balaban J connectivity index is 2.38. The van der Waals surface area contributed by atoms with Gasteiger partial charge in [0.2, 0.25) is 0 Å². The van der Waals surface area contributed by atoms with Crippen LogP contribution in [0.3, 0.4) is 0 Å². The molecule has 0 aliphatic carbocycles. The first kappa shape index (κ1) is 10.7. The molecule has 0 fully saturated rings. The van der Waals surface area contributed by atoms with Gasteiger partial charge >= 0.3 is 0 Å². The molecule has 82 valence electrons. The van der Waals surface area contributed by atoms with E-state index in [0.29, 0.717) is 16.3 Å². The van der Waals surface area contributed by atoms with Crippen molar-refractivity contribution in [2.24, 2.45) is 12.0 Å². The second-order valence-corrected chi connectivity index (χ2v) is 4.08. The first-order valence-corrected chi connectivity index (χ1v) is 5.53. The van der Waals surface area contributed by atoms with E-state index in [9.17, 15) is 4.79 Å². The Bertz CT molecular complexity index is 584. The minimum atomic E-state index is -0.344. The average molecular weight is 234 g/mol. The number of nitrogens with zero attached hydrogens (tertiary/aromatic N) is 4. The van der Waals surface area contributed by atoms with Crippen LogP contribution in [0.15, 0.2) is 28.8 Å². The Hall–Kier alpha value is -1.82. The maximum Gasteiger partial charge on any atom is 0.298 e. The molecule has 0 aliphatic rings. The van der Waals surface area contributed by atoms with Crippen LogP contribution in [0.1, 0.15) is 16.3 Å². The van der Waals surface area contributed by atoms with Gasteiger partial charge in [-0.15, -0.1) is 11.3 Å². The Labute approximate surface area is 96.1 Å². The Kier molecular flexibility index (Phi) is 2.91. The van der Waals surface area contributed by atoms with Crippen LogP contribution in [0.5, 0.6) is 0 Å². The standard InChI is InChI=1S/C10H10N4OS/c1-7-11-4-3-8(12-7)9(15)13-10-14(2)5-6-16-10/h3-6H,1-2H3. The highest BCUT2D eigenvalue weighted by Crippen LogP contribution is 1.97. The van der Waals surface area contributed by atoms with Crippen molar-refractivity contribution in [2.45, 2.75) is 6.92 Å². The van der Waals surface area contributed by atoms with E-state index in [1.54, 1.807) is 23.8 Å². The van der Waals surface area contributed by atoms with E-state index in [-0.39, 0.29) is 5.91 Å². The third-order valence-corrected chi connectivity index (χ3v) is 2.80. The molecule has 0 aliphatic heterocycles. The molecule has 0 spiro atoms. The van der Waals surface area contributed by atoms with Crippen molar-refractivity contribution in [2.75, 3.05) is 0 Å². The summed E-state index contributed by atoms with van der Waals surface area (Å²) >= 11 is 1.41. The fourth-order valence-corrected chi connectivity index (χ4v) is 1.88. The lowest BCUT2D eigenvalue weighted by Crippen LogP contribution is -2.13. The van der Waals surface area contributed by atoms with Gasteiger partial charge in [-0.1, -0.05) is 0 Å². The van der Waals surface area contributed by atoms with Gasteiger partial charge in [0.15, 0.2) is 4.80 Å². The van der Waals surface area contributed by atoms with Crippen LogP contribution < -0.4 is 4.80 Å². The summed E-state index contributed by atoms with van der Waals surface area (Å²) < 4.78 is 1.79. The zero-order valence-electron chi connectivity index (χ0n) is 8.91. The van der Waals surface area contributed by atoms with E-state index in [1.165, 1.54) is 11.3 Å².